The number of aldehydes is 1. The van der Waals surface area contributed by atoms with E-state index in [0.29, 0.717) is 83.7 Å². The van der Waals surface area contributed by atoms with Crippen LogP contribution in [0.4, 0.5) is 25.2 Å². The number of pyridine rings is 1. The summed E-state index contributed by atoms with van der Waals surface area (Å²) in [4.78, 5) is 69.4. The number of piperidine rings is 1. The number of nitrogens with one attached hydrogen (secondary N) is 3. The van der Waals surface area contributed by atoms with Crippen molar-refractivity contribution in [1.82, 2.24) is 50.5 Å². The molecule has 4 atom stereocenters. The molecule has 6 aromatic rings. The highest BCUT2D eigenvalue weighted by Gasteiger charge is 2.51. The van der Waals surface area contributed by atoms with Gasteiger partial charge < -0.3 is 40.0 Å². The van der Waals surface area contributed by atoms with E-state index < -0.39 is 11.6 Å². The van der Waals surface area contributed by atoms with Crippen LogP contribution in [0.5, 0.6) is 6.01 Å². The third-order valence-electron chi connectivity index (χ3n) is 18.0. The molecule has 12 rings (SSSR count). The number of nitrogens with zero attached hydrogens (tertiary/aromatic N) is 9. The van der Waals surface area contributed by atoms with Crippen LogP contribution in [-0.2, 0) is 26.2 Å². The zero-order valence-corrected chi connectivity index (χ0v) is 47.0. The van der Waals surface area contributed by atoms with Crippen molar-refractivity contribution in [3.8, 4) is 29.6 Å². The first-order valence-corrected chi connectivity index (χ1v) is 28.8. The van der Waals surface area contributed by atoms with Crippen LogP contribution in [0.25, 0.3) is 43.8 Å². The second kappa shape index (κ2) is 24.1. The van der Waals surface area contributed by atoms with Crippen LogP contribution in [0.15, 0.2) is 66.9 Å². The van der Waals surface area contributed by atoms with Gasteiger partial charge in [0.1, 0.15) is 35.7 Å². The lowest BCUT2D eigenvalue weighted by Crippen LogP contribution is -2.51. The molecule has 3 aromatic carbocycles. The number of aromatic nitrogens is 5. The largest absolute Gasteiger partial charge is 0.461 e. The molecule has 3 aromatic heterocycles. The minimum absolute atomic E-state index is 0.0474. The fraction of sp³-hybridized carbons (Fsp3) is 0.484. The molecule has 6 fully saturated rings. The molecule has 2 bridgehead atoms. The van der Waals surface area contributed by atoms with Gasteiger partial charge in [-0.1, -0.05) is 48.4 Å². The van der Waals surface area contributed by atoms with Gasteiger partial charge in [0.05, 0.1) is 28.6 Å². The van der Waals surface area contributed by atoms with Crippen LogP contribution in [0, 0.1) is 29.9 Å². The van der Waals surface area contributed by atoms with Crippen molar-refractivity contribution < 1.29 is 37.4 Å². The van der Waals surface area contributed by atoms with Crippen LogP contribution >= 0.6 is 0 Å². The number of amides is 4. The van der Waals surface area contributed by atoms with E-state index in [2.05, 4.69) is 65.4 Å². The number of ether oxygens (including phenoxy) is 2. The third kappa shape index (κ3) is 11.0. The number of urea groups is 1. The number of halogens is 2. The maximum Gasteiger partial charge on any atom is 0.322 e. The molecule has 1 aliphatic carbocycles. The Morgan fingerprint density at radius 2 is 1.77 bits per heavy atom. The minimum atomic E-state index is -0.626. The molecular formula is C62H72F2N12O6. The number of rotatable bonds is 15. The zero-order valence-electron chi connectivity index (χ0n) is 47.0. The summed E-state index contributed by atoms with van der Waals surface area (Å²) in [6.45, 7) is 9.28. The van der Waals surface area contributed by atoms with Gasteiger partial charge in [-0.15, -0.1) is 6.42 Å². The van der Waals surface area contributed by atoms with E-state index in [4.69, 9.17) is 20.9 Å². The number of methoxy groups -OCH3 is 1. The highest BCUT2D eigenvalue weighted by molar-refractivity contribution is 6.03. The second-order valence-electron chi connectivity index (χ2n) is 23.1. The number of carbonyl (C=O) groups is 4. The van der Waals surface area contributed by atoms with Gasteiger partial charge in [-0.05, 0) is 106 Å². The number of fused-ring (bicyclic) bond motifs is 6. The smallest absolute Gasteiger partial charge is 0.322 e. The molecule has 430 valence electrons. The van der Waals surface area contributed by atoms with E-state index >= 15 is 4.39 Å². The average Bonchev–Trinajstić information content (AvgIpc) is 3.59. The Kier molecular flexibility index (Phi) is 16.5. The first-order chi connectivity index (χ1) is 39.8. The fourth-order valence-electron chi connectivity index (χ4n) is 13.9. The molecule has 8 heterocycles. The van der Waals surface area contributed by atoms with Gasteiger partial charge in [-0.2, -0.15) is 15.1 Å². The maximum absolute atomic E-state index is 16.8. The van der Waals surface area contributed by atoms with Crippen molar-refractivity contribution in [1.29, 1.82) is 0 Å². The molecule has 5 saturated heterocycles. The Morgan fingerprint density at radius 1 is 0.988 bits per heavy atom. The van der Waals surface area contributed by atoms with Gasteiger partial charge in [0.15, 0.2) is 11.6 Å². The van der Waals surface area contributed by atoms with Crippen molar-refractivity contribution >= 4 is 68.8 Å². The first kappa shape index (κ1) is 56.3. The maximum atomic E-state index is 16.8. The summed E-state index contributed by atoms with van der Waals surface area (Å²) in [5.41, 5.74) is 3.74. The second-order valence-corrected chi connectivity index (χ2v) is 23.1. The number of terminal acetylenes is 1. The quantitative estimate of drug-likeness (QED) is 0.0519. The Morgan fingerprint density at radius 3 is 2.49 bits per heavy atom. The van der Waals surface area contributed by atoms with E-state index in [1.165, 1.54) is 22.1 Å². The van der Waals surface area contributed by atoms with Crippen molar-refractivity contribution in [3.05, 3.63) is 89.6 Å². The van der Waals surface area contributed by atoms with Crippen LogP contribution in [-0.4, -0.2) is 156 Å². The van der Waals surface area contributed by atoms with Crippen LogP contribution in [0.3, 0.4) is 0 Å². The van der Waals surface area contributed by atoms with Gasteiger partial charge in [-0.25, -0.2) is 13.6 Å². The predicted molar refractivity (Wildman–Crippen MR) is 311 cm³/mol. The monoisotopic (exact) mass is 1120 g/mol. The summed E-state index contributed by atoms with van der Waals surface area (Å²) in [6.07, 6.45) is 19.4. The highest BCUT2D eigenvalue weighted by Crippen LogP contribution is 2.45. The number of anilines is 2. The first-order valence-electron chi connectivity index (χ1n) is 28.8. The number of benzene rings is 3. The molecule has 6 aliphatic rings. The molecule has 5 aliphatic heterocycles. The zero-order chi connectivity index (χ0) is 57.2. The number of piperazine rings is 1. The molecule has 0 radical (unpaired) electrons. The summed E-state index contributed by atoms with van der Waals surface area (Å²) >= 11 is 0. The molecule has 18 nitrogen and oxygen atoms in total. The summed E-state index contributed by atoms with van der Waals surface area (Å²) in [5, 5.41) is 16.2. The molecule has 0 spiro atoms. The van der Waals surface area contributed by atoms with Crippen LogP contribution in [0.1, 0.15) is 94.1 Å². The average molecular weight is 1120 g/mol. The molecule has 2 unspecified atom stereocenters. The molecule has 1 saturated carbocycles. The number of hydrogen-bond donors (Lipinski definition) is 3. The Bertz CT molecular complexity index is 3450. The number of likely N-dealkylation sites (tertiary alicyclic amines) is 1. The van der Waals surface area contributed by atoms with Gasteiger partial charge in [0.25, 0.3) is 0 Å². The lowest BCUT2D eigenvalue weighted by Gasteiger charge is -2.36. The molecular weight excluding hydrogens is 1050 g/mol. The number of carbonyl (C=O) groups excluding carboxylic acids is 4. The predicted octanol–water partition coefficient (Wildman–Crippen LogP) is 7.55. The lowest BCUT2D eigenvalue weighted by atomic mass is 9.78. The van der Waals surface area contributed by atoms with Gasteiger partial charge in [0, 0.05) is 120 Å². The van der Waals surface area contributed by atoms with E-state index in [9.17, 15) is 23.6 Å². The van der Waals surface area contributed by atoms with Crippen molar-refractivity contribution in [2.75, 3.05) is 76.4 Å². The summed E-state index contributed by atoms with van der Waals surface area (Å²) in [5.74, 6) is 3.15. The van der Waals surface area contributed by atoms with E-state index in [0.717, 1.165) is 114 Å². The Hall–Kier alpha value is -7.60. The van der Waals surface area contributed by atoms with Crippen LogP contribution in [0.2, 0.25) is 0 Å². The van der Waals surface area contributed by atoms with Crippen molar-refractivity contribution in [3.63, 3.8) is 0 Å². The Labute approximate surface area is 476 Å². The third-order valence-corrected chi connectivity index (χ3v) is 18.0. The SMILES string of the molecule is C#Cc1c(F)ccc2cccc(-c3ncc4c(N5CC6CCC(C5)N6)nc(OC[C@@]56CC[C@@H](COC)N5CC(=C)C6)nc4c3F)c12.CNC(=O)N(CCC=O)c1nn(C)c2cc(C3CCC(C(=O)N4CCC(NC=O)CC4)CC3)ccc12. The normalized spacial score (nSPS) is 23.6. The fourth-order valence-corrected chi connectivity index (χ4v) is 13.9. The molecule has 20 heteroatoms. The summed E-state index contributed by atoms with van der Waals surface area (Å²) in [6, 6.07) is 15.5. The van der Waals surface area contributed by atoms with Crippen LogP contribution < -0.4 is 30.5 Å². The summed E-state index contributed by atoms with van der Waals surface area (Å²) < 4.78 is 45.4. The Balaban J connectivity index is 0.000000178. The topological polar surface area (TPSA) is 192 Å². The standard InChI is InChI=1S/C36H36F2N6O2.C26H36N6O4/c1-4-26-29(37)11-8-22-6-5-7-27(30(22)26)32-31(38)33-28(15-39-32)34(43-17-23-9-10-24(18-43)40-23)42-35(41-33)46-20-36-13-12-25(19-45-3)44(36)16-21(2)14-36;1-27-26(36)32(12-3-15-33)24-22-9-8-20(16-23(22)30(2)29-24)18-4-6-19(7-5-18)25(35)31-13-10-21(11-14-31)28-17-34/h1,5-8,11,15,23-25,40H,2,9-10,12-14,16-20H2,3H3;8-9,15-19,21H,3-7,10-14H2,1-2H3,(H,27,36)(H,28,34)/t23?,24?,25-,36-;/m0./s1. The van der Waals surface area contributed by atoms with Gasteiger partial charge in [-0.3, -0.25) is 29.1 Å². The number of hydrogen-bond acceptors (Lipinski definition) is 13. The summed E-state index contributed by atoms with van der Waals surface area (Å²) in [7, 11) is 5.15. The van der Waals surface area contributed by atoms with Gasteiger partial charge in [0.2, 0.25) is 12.3 Å². The molecule has 82 heavy (non-hydrogen) atoms. The lowest BCUT2D eigenvalue weighted by molar-refractivity contribution is -0.137. The highest BCUT2D eigenvalue weighted by atomic mass is 19.1. The number of aryl methyl sites for hydroxylation is 1. The van der Waals surface area contributed by atoms with Crippen molar-refractivity contribution in [2.45, 2.75) is 113 Å². The van der Waals surface area contributed by atoms with Crippen molar-refractivity contribution in [2.24, 2.45) is 13.0 Å². The molecule has 4 amide bonds. The minimum Gasteiger partial charge on any atom is -0.461 e. The van der Waals surface area contributed by atoms with Gasteiger partial charge >= 0.3 is 12.0 Å². The molecule has 3 N–H and O–H groups in total. The van der Waals surface area contributed by atoms with E-state index in [1.54, 1.807) is 43.2 Å². The van der Waals surface area contributed by atoms with E-state index in [-0.39, 0.29) is 65.2 Å². The van der Waals surface area contributed by atoms with E-state index in [1.807, 2.05) is 24.1 Å².